The second kappa shape index (κ2) is 7.66. The summed E-state index contributed by atoms with van der Waals surface area (Å²) in [5.74, 6) is -0.366. The molecule has 0 saturated heterocycles. The molecule has 5 nitrogen and oxygen atoms in total. The lowest BCUT2D eigenvalue weighted by Gasteiger charge is -2.13. The maximum Gasteiger partial charge on any atom is 0.340 e. The van der Waals surface area contributed by atoms with E-state index in [9.17, 15) is 9.59 Å². The van der Waals surface area contributed by atoms with Gasteiger partial charge in [0.05, 0.1) is 30.9 Å². The summed E-state index contributed by atoms with van der Waals surface area (Å²) in [7, 11) is 4.44. The zero-order valence-electron chi connectivity index (χ0n) is 14.8. The van der Waals surface area contributed by atoms with Gasteiger partial charge in [-0.25, -0.2) is 9.59 Å². The quantitative estimate of drug-likeness (QED) is 0.502. The summed E-state index contributed by atoms with van der Waals surface area (Å²) in [6.07, 6.45) is 1.87. The number of fused-ring (bicyclic) bond motifs is 1. The fourth-order valence-electron chi connectivity index (χ4n) is 2.88. The van der Waals surface area contributed by atoms with Crippen molar-refractivity contribution in [1.82, 2.24) is 4.57 Å². The molecule has 26 heavy (non-hydrogen) atoms. The minimum absolute atomic E-state index is 0.212. The molecule has 0 atom stereocenters. The van der Waals surface area contributed by atoms with E-state index in [1.165, 1.54) is 19.8 Å². The van der Waals surface area contributed by atoms with Gasteiger partial charge in [0.1, 0.15) is 0 Å². The Balaban J connectivity index is 2.15. The van der Waals surface area contributed by atoms with E-state index in [1.807, 2.05) is 42.1 Å². The fraction of sp³-hybridized carbons (Fsp3) is 0.200. The standard InChI is InChI=1S/C20H19NO4S/c1-21-10-9-14-16(26-12-13-7-5-4-6-8-13)11-15(19(22)24-2)17(18(14)21)20(23)25-3/h4-11H,12H2,1-3H3. The topological polar surface area (TPSA) is 57.5 Å². The van der Waals surface area contributed by atoms with Gasteiger partial charge in [0, 0.05) is 29.3 Å². The molecule has 0 unspecified atom stereocenters. The molecule has 0 N–H and O–H groups in total. The molecular formula is C20H19NO4S. The van der Waals surface area contributed by atoms with Crippen LogP contribution in [0.4, 0.5) is 0 Å². The largest absolute Gasteiger partial charge is 0.465 e. The molecule has 0 aliphatic rings. The van der Waals surface area contributed by atoms with Crippen molar-refractivity contribution in [3.8, 4) is 0 Å². The van der Waals surface area contributed by atoms with E-state index in [-0.39, 0.29) is 11.1 Å². The van der Waals surface area contributed by atoms with Crippen LogP contribution in [0.5, 0.6) is 0 Å². The second-order valence-corrected chi connectivity index (χ2v) is 6.76. The highest BCUT2D eigenvalue weighted by Crippen LogP contribution is 2.35. The van der Waals surface area contributed by atoms with Gasteiger partial charge in [-0.3, -0.25) is 0 Å². The van der Waals surface area contributed by atoms with Crippen LogP contribution in [0.1, 0.15) is 26.3 Å². The van der Waals surface area contributed by atoms with Crippen LogP contribution in [0.15, 0.2) is 53.6 Å². The number of hydrogen-bond acceptors (Lipinski definition) is 5. The number of rotatable bonds is 5. The fourth-order valence-corrected chi connectivity index (χ4v) is 3.92. The molecule has 0 fully saturated rings. The van der Waals surface area contributed by atoms with Crippen LogP contribution in [0.25, 0.3) is 10.9 Å². The van der Waals surface area contributed by atoms with Gasteiger partial charge in [-0.1, -0.05) is 30.3 Å². The predicted molar refractivity (Wildman–Crippen MR) is 102 cm³/mol. The Morgan fingerprint density at radius 2 is 1.73 bits per heavy atom. The van der Waals surface area contributed by atoms with Gasteiger partial charge in [-0.05, 0) is 17.7 Å². The number of ether oxygens (including phenoxy) is 2. The van der Waals surface area contributed by atoms with Crippen molar-refractivity contribution < 1.29 is 19.1 Å². The van der Waals surface area contributed by atoms with Crippen molar-refractivity contribution in [2.45, 2.75) is 10.6 Å². The summed E-state index contributed by atoms with van der Waals surface area (Å²) >= 11 is 1.61. The van der Waals surface area contributed by atoms with Crippen LogP contribution in [0, 0.1) is 0 Å². The van der Waals surface area contributed by atoms with Crippen molar-refractivity contribution in [2.75, 3.05) is 14.2 Å². The van der Waals surface area contributed by atoms with E-state index in [2.05, 4.69) is 12.1 Å². The van der Waals surface area contributed by atoms with Crippen LogP contribution in [-0.4, -0.2) is 30.7 Å². The number of carbonyl (C=O) groups is 2. The summed E-state index contributed by atoms with van der Waals surface area (Å²) in [6.45, 7) is 0. The SMILES string of the molecule is COC(=O)c1cc(SCc2ccccc2)c2ccn(C)c2c1C(=O)OC. The van der Waals surface area contributed by atoms with Gasteiger partial charge < -0.3 is 14.0 Å². The van der Waals surface area contributed by atoms with E-state index >= 15 is 0 Å². The minimum atomic E-state index is -0.560. The van der Waals surface area contributed by atoms with E-state index in [4.69, 9.17) is 9.47 Å². The lowest BCUT2D eigenvalue weighted by atomic mass is 10.0. The predicted octanol–water partition coefficient (Wildman–Crippen LogP) is 4.04. The molecule has 0 radical (unpaired) electrons. The van der Waals surface area contributed by atoms with Gasteiger partial charge in [-0.15, -0.1) is 11.8 Å². The van der Waals surface area contributed by atoms with E-state index < -0.39 is 11.9 Å². The molecule has 0 bridgehead atoms. The third kappa shape index (κ3) is 3.32. The highest BCUT2D eigenvalue weighted by molar-refractivity contribution is 7.98. The first-order valence-electron chi connectivity index (χ1n) is 8.02. The Hall–Kier alpha value is -2.73. The number of aromatic nitrogens is 1. The first kappa shape index (κ1) is 18.1. The molecule has 0 aliphatic carbocycles. The monoisotopic (exact) mass is 369 g/mol. The maximum atomic E-state index is 12.4. The molecular weight excluding hydrogens is 350 g/mol. The molecule has 0 spiro atoms. The average Bonchev–Trinajstić information content (AvgIpc) is 3.07. The van der Waals surface area contributed by atoms with Gasteiger partial charge in [0.15, 0.2) is 0 Å². The Labute approximate surface area is 155 Å². The summed E-state index contributed by atoms with van der Waals surface area (Å²) in [6, 6.07) is 13.7. The number of methoxy groups -OCH3 is 2. The Bertz CT molecular complexity index is 963. The Morgan fingerprint density at radius 1 is 1.04 bits per heavy atom. The number of hydrogen-bond donors (Lipinski definition) is 0. The maximum absolute atomic E-state index is 12.4. The molecule has 1 heterocycles. The van der Waals surface area contributed by atoms with Crippen LogP contribution < -0.4 is 0 Å². The minimum Gasteiger partial charge on any atom is -0.465 e. The van der Waals surface area contributed by atoms with Crippen molar-refractivity contribution >= 4 is 34.6 Å². The lowest BCUT2D eigenvalue weighted by Crippen LogP contribution is -2.14. The average molecular weight is 369 g/mol. The van der Waals surface area contributed by atoms with Crippen LogP contribution in [0.3, 0.4) is 0 Å². The molecule has 0 saturated carbocycles. The van der Waals surface area contributed by atoms with Crippen molar-refractivity contribution in [3.63, 3.8) is 0 Å². The zero-order chi connectivity index (χ0) is 18.7. The zero-order valence-corrected chi connectivity index (χ0v) is 15.6. The third-order valence-electron chi connectivity index (χ3n) is 4.15. The molecule has 0 aliphatic heterocycles. The molecule has 3 rings (SSSR count). The molecule has 134 valence electrons. The third-order valence-corrected chi connectivity index (χ3v) is 5.28. The number of nitrogens with zero attached hydrogens (tertiary/aromatic N) is 1. The van der Waals surface area contributed by atoms with Gasteiger partial charge in [-0.2, -0.15) is 0 Å². The first-order chi connectivity index (χ1) is 12.6. The number of benzene rings is 2. The van der Waals surface area contributed by atoms with E-state index in [0.717, 1.165) is 16.0 Å². The number of esters is 2. The summed E-state index contributed by atoms with van der Waals surface area (Å²) < 4.78 is 11.6. The summed E-state index contributed by atoms with van der Waals surface area (Å²) in [5.41, 5.74) is 2.28. The van der Waals surface area contributed by atoms with Gasteiger partial charge in [0.2, 0.25) is 0 Å². The molecule has 3 aromatic rings. The van der Waals surface area contributed by atoms with E-state index in [0.29, 0.717) is 5.52 Å². The van der Waals surface area contributed by atoms with Crippen molar-refractivity contribution in [3.05, 3.63) is 65.4 Å². The van der Waals surface area contributed by atoms with Gasteiger partial charge in [0.25, 0.3) is 0 Å². The Kier molecular flexibility index (Phi) is 5.32. The number of thioether (sulfide) groups is 1. The normalized spacial score (nSPS) is 10.7. The summed E-state index contributed by atoms with van der Waals surface area (Å²) in [5, 5.41) is 0.904. The number of aryl methyl sites for hydroxylation is 1. The van der Waals surface area contributed by atoms with E-state index in [1.54, 1.807) is 17.8 Å². The Morgan fingerprint density at radius 3 is 2.38 bits per heavy atom. The molecule has 0 amide bonds. The molecule has 1 aromatic heterocycles. The molecule has 2 aromatic carbocycles. The highest BCUT2D eigenvalue weighted by Gasteiger charge is 2.25. The first-order valence-corrected chi connectivity index (χ1v) is 9.00. The van der Waals surface area contributed by atoms with Crippen molar-refractivity contribution in [2.24, 2.45) is 7.05 Å². The summed E-state index contributed by atoms with van der Waals surface area (Å²) in [4.78, 5) is 25.6. The van der Waals surface area contributed by atoms with Crippen molar-refractivity contribution in [1.29, 1.82) is 0 Å². The van der Waals surface area contributed by atoms with Crippen LogP contribution in [0.2, 0.25) is 0 Å². The smallest absolute Gasteiger partial charge is 0.340 e. The lowest BCUT2D eigenvalue weighted by molar-refractivity contribution is 0.0556. The second-order valence-electron chi connectivity index (χ2n) is 5.74. The van der Waals surface area contributed by atoms with Gasteiger partial charge >= 0.3 is 11.9 Å². The molecule has 6 heteroatoms. The highest BCUT2D eigenvalue weighted by atomic mass is 32.2. The number of carbonyl (C=O) groups excluding carboxylic acids is 2. The van der Waals surface area contributed by atoms with Crippen LogP contribution in [-0.2, 0) is 22.3 Å². The van der Waals surface area contributed by atoms with Crippen LogP contribution >= 0.6 is 11.8 Å².